The van der Waals surface area contributed by atoms with Crippen LogP contribution >= 0.6 is 11.3 Å². The van der Waals surface area contributed by atoms with Gasteiger partial charge in [-0.2, -0.15) is 0 Å². The molecule has 0 spiro atoms. The summed E-state index contributed by atoms with van der Waals surface area (Å²) in [5.41, 5.74) is 5.38. The van der Waals surface area contributed by atoms with Crippen molar-refractivity contribution in [2.24, 2.45) is 4.99 Å². The van der Waals surface area contributed by atoms with Gasteiger partial charge in [-0.3, -0.25) is 0 Å². The number of rotatable bonds is 7. The van der Waals surface area contributed by atoms with Crippen molar-refractivity contribution in [3.05, 3.63) is 51.6 Å². The molecule has 2 heterocycles. The SMILES string of the molecule is COc1cc(-c2csc(=Nc3c(C)cccc3C)n2C[C@@H]2CCCO2)cc(OC)c1OC. The van der Waals surface area contributed by atoms with Crippen molar-refractivity contribution >= 4 is 17.0 Å². The van der Waals surface area contributed by atoms with E-state index in [1.807, 2.05) is 12.1 Å². The molecule has 0 radical (unpaired) electrons. The number of nitrogens with zero attached hydrogens (tertiary/aromatic N) is 2. The lowest BCUT2D eigenvalue weighted by molar-refractivity contribution is 0.0968. The molecule has 0 aliphatic carbocycles. The number of aromatic nitrogens is 1. The third-order valence-corrected chi connectivity index (χ3v) is 6.68. The number of methoxy groups -OCH3 is 3. The van der Waals surface area contributed by atoms with Crippen LogP contribution in [0.5, 0.6) is 17.2 Å². The minimum atomic E-state index is 0.183. The second-order valence-electron chi connectivity index (χ2n) is 7.92. The predicted octanol–water partition coefficient (Wildman–Crippen LogP) is 5.27. The van der Waals surface area contributed by atoms with Crippen LogP contribution in [0.4, 0.5) is 5.69 Å². The van der Waals surface area contributed by atoms with Gasteiger partial charge in [-0.25, -0.2) is 4.99 Å². The van der Waals surface area contributed by atoms with Gasteiger partial charge in [0.1, 0.15) is 0 Å². The highest BCUT2D eigenvalue weighted by molar-refractivity contribution is 7.07. The molecule has 4 rings (SSSR count). The van der Waals surface area contributed by atoms with Crippen molar-refractivity contribution in [1.82, 2.24) is 4.57 Å². The summed E-state index contributed by atoms with van der Waals surface area (Å²) in [5.74, 6) is 1.84. The highest BCUT2D eigenvalue weighted by atomic mass is 32.1. The number of benzene rings is 2. The summed E-state index contributed by atoms with van der Waals surface area (Å²) in [7, 11) is 4.89. The number of hydrogen-bond acceptors (Lipinski definition) is 6. The molecule has 7 heteroatoms. The Morgan fingerprint density at radius 1 is 1.06 bits per heavy atom. The molecular weight excluding hydrogens is 424 g/mol. The Morgan fingerprint density at radius 3 is 2.31 bits per heavy atom. The van der Waals surface area contributed by atoms with E-state index in [1.165, 1.54) is 0 Å². The van der Waals surface area contributed by atoms with Crippen molar-refractivity contribution in [2.45, 2.75) is 39.3 Å². The fourth-order valence-electron chi connectivity index (χ4n) is 4.12. The lowest BCUT2D eigenvalue weighted by Gasteiger charge is -2.17. The summed E-state index contributed by atoms with van der Waals surface area (Å²) in [4.78, 5) is 6.03. The molecule has 6 nitrogen and oxygen atoms in total. The van der Waals surface area contributed by atoms with E-state index in [1.54, 1.807) is 32.7 Å². The van der Waals surface area contributed by atoms with Crippen LogP contribution in [-0.4, -0.2) is 38.6 Å². The Labute approximate surface area is 193 Å². The summed E-state index contributed by atoms with van der Waals surface area (Å²) < 4.78 is 24.9. The number of ether oxygens (including phenoxy) is 4. The normalized spacial score (nSPS) is 16.4. The first-order valence-corrected chi connectivity index (χ1v) is 11.6. The van der Waals surface area contributed by atoms with Gasteiger partial charge in [0.25, 0.3) is 0 Å². The van der Waals surface area contributed by atoms with Crippen LogP contribution in [0, 0.1) is 13.8 Å². The molecule has 3 aromatic rings. The summed E-state index contributed by atoms with van der Waals surface area (Å²) >= 11 is 1.63. The quantitative estimate of drug-likeness (QED) is 0.488. The summed E-state index contributed by atoms with van der Waals surface area (Å²) in [6, 6.07) is 10.2. The van der Waals surface area contributed by atoms with Crippen LogP contribution in [0.1, 0.15) is 24.0 Å². The zero-order chi connectivity index (χ0) is 22.7. The molecule has 1 aliphatic heterocycles. The average Bonchev–Trinajstić information content (AvgIpc) is 3.46. The van der Waals surface area contributed by atoms with Gasteiger partial charge in [0.15, 0.2) is 16.3 Å². The lowest BCUT2D eigenvalue weighted by Crippen LogP contribution is -2.24. The maximum absolute atomic E-state index is 5.97. The van der Waals surface area contributed by atoms with Crippen LogP contribution in [0.15, 0.2) is 40.7 Å². The van der Waals surface area contributed by atoms with Crippen molar-refractivity contribution in [1.29, 1.82) is 0 Å². The van der Waals surface area contributed by atoms with E-state index in [0.717, 1.165) is 58.9 Å². The van der Waals surface area contributed by atoms with Gasteiger partial charge in [0, 0.05) is 17.6 Å². The Bertz CT molecular complexity index is 1110. The van der Waals surface area contributed by atoms with Gasteiger partial charge in [-0.1, -0.05) is 18.2 Å². The third-order valence-electron chi connectivity index (χ3n) is 5.82. The van der Waals surface area contributed by atoms with Crippen molar-refractivity contribution in [3.8, 4) is 28.5 Å². The molecule has 1 aliphatic rings. The summed E-state index contributed by atoms with van der Waals surface area (Å²) in [6.07, 6.45) is 2.33. The monoisotopic (exact) mass is 454 g/mol. The molecule has 32 heavy (non-hydrogen) atoms. The van der Waals surface area contributed by atoms with Gasteiger partial charge < -0.3 is 23.5 Å². The fraction of sp³-hybridized carbons (Fsp3) is 0.400. The highest BCUT2D eigenvalue weighted by Gasteiger charge is 2.21. The summed E-state index contributed by atoms with van der Waals surface area (Å²) in [5, 5.41) is 2.14. The van der Waals surface area contributed by atoms with E-state index in [9.17, 15) is 0 Å². The molecule has 0 amide bonds. The fourth-order valence-corrected chi connectivity index (χ4v) is 5.05. The zero-order valence-electron chi connectivity index (χ0n) is 19.3. The molecule has 0 unspecified atom stereocenters. The van der Waals surface area contributed by atoms with Crippen molar-refractivity contribution in [3.63, 3.8) is 0 Å². The van der Waals surface area contributed by atoms with Gasteiger partial charge in [-0.15, -0.1) is 11.3 Å². The van der Waals surface area contributed by atoms with E-state index in [-0.39, 0.29) is 6.10 Å². The molecule has 1 aromatic heterocycles. The molecule has 0 bridgehead atoms. The second-order valence-corrected chi connectivity index (χ2v) is 8.75. The minimum absolute atomic E-state index is 0.183. The van der Waals surface area contributed by atoms with Crippen molar-refractivity contribution < 1.29 is 18.9 Å². The Hall–Kier alpha value is -2.77. The van der Waals surface area contributed by atoms with E-state index in [0.29, 0.717) is 17.2 Å². The Morgan fingerprint density at radius 2 is 1.75 bits per heavy atom. The lowest BCUT2D eigenvalue weighted by atomic mass is 10.1. The second kappa shape index (κ2) is 9.79. The molecular formula is C25H30N2O4S. The van der Waals surface area contributed by atoms with Crippen LogP contribution < -0.4 is 19.0 Å². The predicted molar refractivity (Wildman–Crippen MR) is 128 cm³/mol. The van der Waals surface area contributed by atoms with Gasteiger partial charge in [0.05, 0.1) is 45.4 Å². The number of aryl methyl sites for hydroxylation is 2. The van der Waals surface area contributed by atoms with E-state index in [2.05, 4.69) is 42.0 Å². The van der Waals surface area contributed by atoms with E-state index >= 15 is 0 Å². The number of para-hydroxylation sites is 1. The average molecular weight is 455 g/mol. The zero-order valence-corrected chi connectivity index (χ0v) is 20.1. The minimum Gasteiger partial charge on any atom is -0.493 e. The van der Waals surface area contributed by atoms with Gasteiger partial charge in [0.2, 0.25) is 5.75 Å². The molecule has 1 fully saturated rings. The first kappa shape index (κ1) is 22.4. The topological polar surface area (TPSA) is 54.2 Å². The first-order valence-electron chi connectivity index (χ1n) is 10.8. The van der Waals surface area contributed by atoms with E-state index in [4.69, 9.17) is 23.9 Å². The molecule has 2 aromatic carbocycles. The first-order chi connectivity index (χ1) is 15.5. The standard InChI is InChI=1S/C25H30N2O4S/c1-16-8-6-9-17(2)23(16)26-25-27(14-19-10-7-11-31-19)20(15-32-25)18-12-21(28-3)24(30-5)22(13-18)29-4/h6,8-9,12-13,15,19H,7,10-11,14H2,1-5H3/t19-/m0/s1. The third kappa shape index (κ3) is 4.40. The van der Waals surface area contributed by atoms with Crippen LogP contribution in [0.25, 0.3) is 11.3 Å². The van der Waals surface area contributed by atoms with Crippen LogP contribution in [-0.2, 0) is 11.3 Å². The van der Waals surface area contributed by atoms with Crippen LogP contribution in [0.2, 0.25) is 0 Å². The highest BCUT2D eigenvalue weighted by Crippen LogP contribution is 2.41. The maximum Gasteiger partial charge on any atom is 0.203 e. The van der Waals surface area contributed by atoms with Gasteiger partial charge >= 0.3 is 0 Å². The Balaban J connectivity index is 1.89. The molecule has 1 saturated heterocycles. The van der Waals surface area contributed by atoms with Crippen LogP contribution in [0.3, 0.4) is 0 Å². The van der Waals surface area contributed by atoms with Crippen molar-refractivity contribution in [2.75, 3.05) is 27.9 Å². The Kier molecular flexibility index (Phi) is 6.86. The molecule has 0 saturated carbocycles. The summed E-state index contributed by atoms with van der Waals surface area (Å²) in [6.45, 7) is 5.77. The largest absolute Gasteiger partial charge is 0.493 e. The smallest absolute Gasteiger partial charge is 0.203 e. The molecule has 0 N–H and O–H groups in total. The molecule has 170 valence electrons. The maximum atomic E-state index is 5.97. The number of thiazole rings is 1. The van der Waals surface area contributed by atoms with Gasteiger partial charge in [-0.05, 0) is 49.9 Å². The molecule has 1 atom stereocenters. The van der Waals surface area contributed by atoms with E-state index < -0.39 is 0 Å². The number of hydrogen-bond donors (Lipinski definition) is 0.